The van der Waals surface area contributed by atoms with Crippen LogP contribution in [0.4, 0.5) is 55.3 Å². The van der Waals surface area contributed by atoms with Crippen molar-refractivity contribution >= 4 is 11.4 Å². The maximum absolute atomic E-state index is 14.4. The van der Waals surface area contributed by atoms with Gasteiger partial charge in [-0.15, -0.1) is 0 Å². The molecule has 4 N–H and O–H groups in total. The molecular weight excluding hydrogens is 502 g/mol. The van der Waals surface area contributed by atoms with Gasteiger partial charge in [-0.3, -0.25) is 0 Å². The SMILES string of the molecule is Nc1cc(Oc2cc(Oc3cc(N)cc(C(F)(F)F)c3)c(C(F)(F)F)cc2F)cc(C(F)(F)F)c1. The minimum Gasteiger partial charge on any atom is -0.456 e. The minimum absolute atomic E-state index is 0.0847. The molecule has 0 saturated carbocycles. The first-order chi connectivity index (χ1) is 15.9. The third-order valence-electron chi connectivity index (χ3n) is 4.31. The van der Waals surface area contributed by atoms with Gasteiger partial charge in [-0.2, -0.15) is 39.5 Å². The monoisotopic (exact) mass is 514 g/mol. The highest BCUT2D eigenvalue weighted by Crippen LogP contribution is 2.44. The number of halogens is 10. The molecule has 0 bridgehead atoms. The van der Waals surface area contributed by atoms with Crippen molar-refractivity contribution < 1.29 is 53.4 Å². The van der Waals surface area contributed by atoms with Crippen molar-refractivity contribution in [3.63, 3.8) is 0 Å². The Morgan fingerprint density at radius 1 is 0.514 bits per heavy atom. The predicted molar refractivity (Wildman–Crippen MR) is 103 cm³/mol. The van der Waals surface area contributed by atoms with Crippen molar-refractivity contribution in [3.05, 3.63) is 71.0 Å². The lowest BCUT2D eigenvalue weighted by atomic mass is 10.1. The van der Waals surface area contributed by atoms with Crippen LogP contribution in [-0.2, 0) is 18.5 Å². The summed E-state index contributed by atoms with van der Waals surface area (Å²) in [6.45, 7) is 0. The number of hydrogen-bond donors (Lipinski definition) is 2. The molecule has 0 aliphatic carbocycles. The van der Waals surface area contributed by atoms with Crippen molar-refractivity contribution in [2.45, 2.75) is 18.5 Å². The molecule has 3 aromatic carbocycles. The quantitative estimate of drug-likeness (QED) is 0.278. The van der Waals surface area contributed by atoms with E-state index in [1.165, 1.54) is 0 Å². The first-order valence-corrected chi connectivity index (χ1v) is 9.15. The molecule has 35 heavy (non-hydrogen) atoms. The largest absolute Gasteiger partial charge is 0.456 e. The molecule has 0 heterocycles. The molecule has 14 heteroatoms. The van der Waals surface area contributed by atoms with Gasteiger partial charge in [0.15, 0.2) is 11.6 Å². The zero-order valence-corrected chi connectivity index (χ0v) is 16.9. The standard InChI is InChI=1S/C21H12F10N2O2/c22-16-7-15(21(29,30)31)17(34-13-3-9(19(23,24)25)1-11(32)5-13)8-18(16)35-14-4-10(20(26,27)28)2-12(33)6-14/h1-8H,32-33H2. The van der Waals surface area contributed by atoms with Crippen LogP contribution >= 0.6 is 0 Å². The number of anilines is 2. The molecular formula is C21H12F10N2O2. The van der Waals surface area contributed by atoms with Crippen LogP contribution in [-0.4, -0.2) is 0 Å². The lowest BCUT2D eigenvalue weighted by molar-refractivity contribution is -0.139. The molecule has 188 valence electrons. The smallest absolute Gasteiger partial charge is 0.420 e. The van der Waals surface area contributed by atoms with Gasteiger partial charge < -0.3 is 20.9 Å². The van der Waals surface area contributed by atoms with E-state index < -0.39 is 75.4 Å². The fourth-order valence-electron chi connectivity index (χ4n) is 2.86. The highest BCUT2D eigenvalue weighted by atomic mass is 19.4. The van der Waals surface area contributed by atoms with E-state index in [1.54, 1.807) is 0 Å². The molecule has 0 saturated heterocycles. The molecule has 0 aliphatic rings. The van der Waals surface area contributed by atoms with Crippen LogP contribution in [0.5, 0.6) is 23.0 Å². The van der Waals surface area contributed by atoms with Gasteiger partial charge in [0, 0.05) is 29.6 Å². The molecule has 0 spiro atoms. The molecule has 0 radical (unpaired) electrons. The first-order valence-electron chi connectivity index (χ1n) is 9.15. The number of benzene rings is 3. The van der Waals surface area contributed by atoms with E-state index in [2.05, 4.69) is 0 Å². The zero-order chi connectivity index (χ0) is 26.3. The third-order valence-corrected chi connectivity index (χ3v) is 4.31. The van der Waals surface area contributed by atoms with Crippen molar-refractivity contribution in [2.24, 2.45) is 0 Å². The van der Waals surface area contributed by atoms with Crippen LogP contribution in [0.1, 0.15) is 16.7 Å². The van der Waals surface area contributed by atoms with E-state index >= 15 is 0 Å². The predicted octanol–water partition coefficient (Wildman–Crippen LogP) is 7.63. The van der Waals surface area contributed by atoms with Gasteiger partial charge in [0.25, 0.3) is 0 Å². The van der Waals surface area contributed by atoms with E-state index in [4.69, 9.17) is 20.9 Å². The van der Waals surface area contributed by atoms with Crippen LogP contribution in [0.15, 0.2) is 48.5 Å². The summed E-state index contributed by atoms with van der Waals surface area (Å²) in [4.78, 5) is 0. The van der Waals surface area contributed by atoms with Crippen molar-refractivity contribution in [1.82, 2.24) is 0 Å². The average molecular weight is 514 g/mol. The highest BCUT2D eigenvalue weighted by molar-refractivity contribution is 5.53. The fraction of sp³-hybridized carbons (Fsp3) is 0.143. The molecule has 3 rings (SSSR count). The van der Waals surface area contributed by atoms with Gasteiger partial charge in [0.05, 0.1) is 11.1 Å². The fourth-order valence-corrected chi connectivity index (χ4v) is 2.86. The number of rotatable bonds is 4. The number of ether oxygens (including phenoxy) is 2. The Morgan fingerprint density at radius 3 is 1.34 bits per heavy atom. The number of alkyl halides is 9. The zero-order valence-electron chi connectivity index (χ0n) is 16.9. The Labute approximate surface area is 189 Å². The Kier molecular flexibility index (Phi) is 6.44. The summed E-state index contributed by atoms with van der Waals surface area (Å²) >= 11 is 0. The maximum Gasteiger partial charge on any atom is 0.420 e. The summed E-state index contributed by atoms with van der Waals surface area (Å²) < 4.78 is 143. The second kappa shape index (κ2) is 8.74. The topological polar surface area (TPSA) is 70.5 Å². The summed E-state index contributed by atoms with van der Waals surface area (Å²) in [6.07, 6.45) is -15.0. The summed E-state index contributed by atoms with van der Waals surface area (Å²) in [5, 5.41) is 0. The molecule has 0 unspecified atom stereocenters. The summed E-state index contributed by atoms with van der Waals surface area (Å²) in [6, 6.07) is 3.70. The molecule has 4 nitrogen and oxygen atoms in total. The highest BCUT2D eigenvalue weighted by Gasteiger charge is 2.37. The Balaban J connectivity index is 2.08. The van der Waals surface area contributed by atoms with Gasteiger partial charge in [-0.05, 0) is 30.3 Å². The van der Waals surface area contributed by atoms with E-state index in [-0.39, 0.29) is 6.07 Å². The van der Waals surface area contributed by atoms with Gasteiger partial charge in [0.2, 0.25) is 0 Å². The maximum atomic E-state index is 14.4. The van der Waals surface area contributed by atoms with Gasteiger partial charge in [0.1, 0.15) is 22.8 Å². The molecule has 0 amide bonds. The molecule has 0 aromatic heterocycles. The van der Waals surface area contributed by atoms with Crippen molar-refractivity contribution in [3.8, 4) is 23.0 Å². The Bertz CT molecular complexity index is 1250. The van der Waals surface area contributed by atoms with Crippen molar-refractivity contribution in [1.29, 1.82) is 0 Å². The average Bonchev–Trinajstić information content (AvgIpc) is 2.67. The van der Waals surface area contributed by atoms with Crippen LogP contribution in [0.3, 0.4) is 0 Å². The molecule has 0 atom stereocenters. The van der Waals surface area contributed by atoms with Gasteiger partial charge in [-0.1, -0.05) is 0 Å². The second-order valence-corrected chi connectivity index (χ2v) is 7.06. The van der Waals surface area contributed by atoms with Crippen LogP contribution in [0.2, 0.25) is 0 Å². The number of hydrogen-bond acceptors (Lipinski definition) is 4. The number of nitrogens with two attached hydrogens (primary N) is 2. The first kappa shape index (κ1) is 25.8. The number of nitrogen functional groups attached to an aromatic ring is 2. The van der Waals surface area contributed by atoms with Gasteiger partial charge in [-0.25, -0.2) is 4.39 Å². The normalized spacial score (nSPS) is 12.5. The minimum atomic E-state index is -5.23. The van der Waals surface area contributed by atoms with E-state index in [0.29, 0.717) is 30.3 Å². The summed E-state index contributed by atoms with van der Waals surface area (Å²) in [5.74, 6) is -5.32. The lowest BCUT2D eigenvalue weighted by Gasteiger charge is -2.18. The van der Waals surface area contributed by atoms with E-state index in [0.717, 1.165) is 12.1 Å². The summed E-state index contributed by atoms with van der Waals surface area (Å²) in [7, 11) is 0. The van der Waals surface area contributed by atoms with E-state index in [1.807, 2.05) is 0 Å². The Morgan fingerprint density at radius 2 is 0.943 bits per heavy atom. The Hall–Kier alpha value is -3.84. The third kappa shape index (κ3) is 6.19. The van der Waals surface area contributed by atoms with E-state index in [9.17, 15) is 43.9 Å². The van der Waals surface area contributed by atoms with Crippen LogP contribution in [0, 0.1) is 5.82 Å². The summed E-state index contributed by atoms with van der Waals surface area (Å²) in [5.41, 5.74) is 5.44. The van der Waals surface area contributed by atoms with Crippen LogP contribution < -0.4 is 20.9 Å². The van der Waals surface area contributed by atoms with Crippen molar-refractivity contribution in [2.75, 3.05) is 11.5 Å². The second-order valence-electron chi connectivity index (χ2n) is 7.06. The molecule has 0 fully saturated rings. The lowest BCUT2D eigenvalue weighted by Crippen LogP contribution is -2.10. The van der Waals surface area contributed by atoms with Gasteiger partial charge >= 0.3 is 18.5 Å². The molecule has 0 aliphatic heterocycles. The van der Waals surface area contributed by atoms with Crippen LogP contribution in [0.25, 0.3) is 0 Å². The molecule has 3 aromatic rings.